The number of nitrogens with zero attached hydrogens (tertiary/aromatic N) is 3. The third-order valence-corrected chi connectivity index (χ3v) is 3.41. The fourth-order valence-electron chi connectivity index (χ4n) is 1.68. The van der Waals surface area contributed by atoms with Gasteiger partial charge in [0.1, 0.15) is 11.3 Å². The van der Waals surface area contributed by atoms with Crippen LogP contribution in [0.25, 0.3) is 10.9 Å². The van der Waals surface area contributed by atoms with E-state index >= 15 is 0 Å². The van der Waals surface area contributed by atoms with E-state index in [1.54, 1.807) is 12.1 Å². The SMILES string of the molecule is Cc1coc(Sc2nc(C(=O)O)nc3ccccc23)n1. The molecule has 0 saturated carbocycles. The number of oxazole rings is 1. The Hall–Kier alpha value is -2.41. The first-order chi connectivity index (χ1) is 9.63. The molecule has 2 aromatic heterocycles. The molecule has 0 radical (unpaired) electrons. The molecule has 0 atom stereocenters. The first-order valence-corrected chi connectivity index (χ1v) is 6.55. The summed E-state index contributed by atoms with van der Waals surface area (Å²) in [6.45, 7) is 1.81. The Labute approximate surface area is 117 Å². The van der Waals surface area contributed by atoms with Gasteiger partial charge >= 0.3 is 5.97 Å². The van der Waals surface area contributed by atoms with Crippen molar-refractivity contribution in [3.05, 3.63) is 42.0 Å². The van der Waals surface area contributed by atoms with Crippen LogP contribution >= 0.6 is 11.8 Å². The number of aromatic nitrogens is 3. The lowest BCUT2D eigenvalue weighted by atomic mass is 10.2. The van der Waals surface area contributed by atoms with Crippen LogP contribution in [0.5, 0.6) is 0 Å². The highest BCUT2D eigenvalue weighted by molar-refractivity contribution is 7.99. The maximum Gasteiger partial charge on any atom is 0.373 e. The third kappa shape index (κ3) is 2.35. The van der Waals surface area contributed by atoms with Gasteiger partial charge < -0.3 is 9.52 Å². The molecule has 2 heterocycles. The highest BCUT2D eigenvalue weighted by Crippen LogP contribution is 2.30. The number of carboxylic acids is 1. The summed E-state index contributed by atoms with van der Waals surface area (Å²) in [5, 5.41) is 10.8. The minimum absolute atomic E-state index is 0.241. The maximum absolute atomic E-state index is 11.1. The van der Waals surface area contributed by atoms with Crippen LogP contribution in [-0.2, 0) is 0 Å². The molecule has 0 amide bonds. The van der Waals surface area contributed by atoms with Crippen LogP contribution in [0, 0.1) is 6.92 Å². The number of aromatic carboxylic acids is 1. The topological polar surface area (TPSA) is 89.1 Å². The molecule has 0 aliphatic heterocycles. The van der Waals surface area contributed by atoms with E-state index in [0.29, 0.717) is 15.8 Å². The zero-order valence-electron chi connectivity index (χ0n) is 10.4. The van der Waals surface area contributed by atoms with Crippen LogP contribution in [0.3, 0.4) is 0 Å². The van der Waals surface area contributed by atoms with Crippen LogP contribution in [0.15, 0.2) is 45.2 Å². The van der Waals surface area contributed by atoms with Crippen molar-refractivity contribution < 1.29 is 14.3 Å². The average molecular weight is 287 g/mol. The smallest absolute Gasteiger partial charge is 0.373 e. The zero-order chi connectivity index (χ0) is 14.1. The maximum atomic E-state index is 11.1. The second kappa shape index (κ2) is 4.93. The van der Waals surface area contributed by atoms with Crippen LogP contribution < -0.4 is 0 Å². The molecule has 0 unspecified atom stereocenters. The van der Waals surface area contributed by atoms with Crippen LogP contribution in [0.1, 0.15) is 16.3 Å². The molecule has 0 saturated heterocycles. The third-order valence-electron chi connectivity index (χ3n) is 2.54. The Morgan fingerprint density at radius 3 is 2.75 bits per heavy atom. The quantitative estimate of drug-likeness (QED) is 0.741. The van der Waals surface area contributed by atoms with Gasteiger partial charge in [-0.1, -0.05) is 18.2 Å². The Morgan fingerprint density at radius 1 is 1.25 bits per heavy atom. The Balaban J connectivity index is 2.14. The molecule has 1 N–H and O–H groups in total. The van der Waals surface area contributed by atoms with Crippen LogP contribution in [-0.4, -0.2) is 26.0 Å². The van der Waals surface area contributed by atoms with Gasteiger partial charge in [0.05, 0.1) is 11.2 Å². The van der Waals surface area contributed by atoms with E-state index in [9.17, 15) is 4.79 Å². The molecule has 0 spiro atoms. The average Bonchev–Trinajstić information content (AvgIpc) is 2.84. The van der Waals surface area contributed by atoms with Crippen molar-refractivity contribution in [2.75, 3.05) is 0 Å². The van der Waals surface area contributed by atoms with Crippen molar-refractivity contribution in [3.63, 3.8) is 0 Å². The highest BCUT2D eigenvalue weighted by atomic mass is 32.2. The van der Waals surface area contributed by atoms with Gasteiger partial charge in [-0.3, -0.25) is 0 Å². The number of carbonyl (C=O) groups is 1. The van der Waals surface area contributed by atoms with Crippen molar-refractivity contribution in [1.29, 1.82) is 0 Å². The van der Waals surface area contributed by atoms with Crippen molar-refractivity contribution in [2.24, 2.45) is 0 Å². The number of carboxylic acid groups (broad SMARTS) is 1. The van der Waals surface area contributed by atoms with Gasteiger partial charge in [0.25, 0.3) is 5.22 Å². The lowest BCUT2D eigenvalue weighted by molar-refractivity contribution is 0.0683. The van der Waals surface area contributed by atoms with E-state index in [-0.39, 0.29) is 5.82 Å². The highest BCUT2D eigenvalue weighted by Gasteiger charge is 2.15. The van der Waals surface area contributed by atoms with Crippen molar-refractivity contribution in [1.82, 2.24) is 15.0 Å². The molecule has 6 nitrogen and oxygen atoms in total. The number of fused-ring (bicyclic) bond motifs is 1. The van der Waals surface area contributed by atoms with Crippen LogP contribution in [0.2, 0.25) is 0 Å². The first kappa shape index (κ1) is 12.6. The minimum atomic E-state index is -1.17. The molecule has 7 heteroatoms. The number of hydrogen-bond acceptors (Lipinski definition) is 6. The Kier molecular flexibility index (Phi) is 3.11. The molecule has 3 rings (SSSR count). The van der Waals surface area contributed by atoms with Crippen molar-refractivity contribution in [3.8, 4) is 0 Å². The summed E-state index contributed by atoms with van der Waals surface area (Å²) in [5.41, 5.74) is 1.33. The summed E-state index contributed by atoms with van der Waals surface area (Å²) in [6, 6.07) is 7.22. The minimum Gasteiger partial charge on any atom is -0.475 e. The molecule has 100 valence electrons. The molecule has 0 aliphatic carbocycles. The van der Waals surface area contributed by atoms with Gasteiger partial charge in [0.15, 0.2) is 0 Å². The fraction of sp³-hybridized carbons (Fsp3) is 0.0769. The summed E-state index contributed by atoms with van der Waals surface area (Å²) in [7, 11) is 0. The second-order valence-electron chi connectivity index (χ2n) is 4.03. The van der Waals surface area contributed by atoms with Gasteiger partial charge in [-0.25, -0.2) is 19.7 Å². The summed E-state index contributed by atoms with van der Waals surface area (Å²) in [6.07, 6.45) is 1.53. The number of para-hydroxylation sites is 1. The number of benzene rings is 1. The molecule has 3 aromatic rings. The van der Waals surface area contributed by atoms with Gasteiger partial charge in [0, 0.05) is 5.39 Å². The van der Waals surface area contributed by atoms with E-state index in [2.05, 4.69) is 15.0 Å². The molecule has 0 fully saturated rings. The van der Waals surface area contributed by atoms with Crippen molar-refractivity contribution >= 4 is 28.6 Å². The van der Waals surface area contributed by atoms with E-state index in [1.165, 1.54) is 18.0 Å². The van der Waals surface area contributed by atoms with Gasteiger partial charge in [-0.05, 0) is 24.8 Å². The summed E-state index contributed by atoms with van der Waals surface area (Å²) < 4.78 is 5.26. The summed E-state index contributed by atoms with van der Waals surface area (Å²) in [4.78, 5) is 23.3. The number of hydrogen-bond donors (Lipinski definition) is 1. The second-order valence-corrected chi connectivity index (χ2v) is 4.97. The Morgan fingerprint density at radius 2 is 2.05 bits per heavy atom. The fourth-order valence-corrected chi connectivity index (χ4v) is 2.55. The predicted molar refractivity (Wildman–Crippen MR) is 71.9 cm³/mol. The molecular formula is C13H9N3O3S. The molecular weight excluding hydrogens is 278 g/mol. The van der Waals surface area contributed by atoms with E-state index < -0.39 is 5.97 Å². The van der Waals surface area contributed by atoms with Crippen molar-refractivity contribution in [2.45, 2.75) is 17.2 Å². The van der Waals surface area contributed by atoms with Crippen LogP contribution in [0.4, 0.5) is 0 Å². The summed E-state index contributed by atoms with van der Waals surface area (Å²) in [5.74, 6) is -1.41. The normalized spacial score (nSPS) is 10.8. The first-order valence-electron chi connectivity index (χ1n) is 5.73. The Bertz CT molecular complexity index is 800. The molecule has 0 aliphatic rings. The number of rotatable bonds is 3. The lowest BCUT2D eigenvalue weighted by Gasteiger charge is -2.04. The number of aryl methyl sites for hydroxylation is 1. The van der Waals surface area contributed by atoms with E-state index in [4.69, 9.17) is 9.52 Å². The lowest BCUT2D eigenvalue weighted by Crippen LogP contribution is -2.05. The van der Waals surface area contributed by atoms with Gasteiger partial charge in [-0.2, -0.15) is 0 Å². The van der Waals surface area contributed by atoms with E-state index in [0.717, 1.165) is 11.1 Å². The summed E-state index contributed by atoms with van der Waals surface area (Å²) >= 11 is 1.18. The molecule has 1 aromatic carbocycles. The molecule has 0 bridgehead atoms. The predicted octanol–water partition coefficient (Wildman–Crippen LogP) is 2.78. The largest absolute Gasteiger partial charge is 0.475 e. The van der Waals surface area contributed by atoms with Gasteiger partial charge in [-0.15, -0.1) is 0 Å². The zero-order valence-corrected chi connectivity index (χ0v) is 11.2. The molecule has 20 heavy (non-hydrogen) atoms. The van der Waals surface area contributed by atoms with E-state index in [1.807, 2.05) is 19.1 Å². The standard InChI is InChI=1S/C13H9N3O3S/c1-7-6-19-13(14-7)20-11-8-4-2-3-5-9(8)15-10(16-11)12(17)18/h2-6H,1H3,(H,17,18). The van der Waals surface area contributed by atoms with Gasteiger partial charge in [0.2, 0.25) is 5.82 Å². The monoisotopic (exact) mass is 287 g/mol.